The normalized spacial score (nSPS) is 10.9. The van der Waals surface area contributed by atoms with E-state index in [0.717, 1.165) is 44.6 Å². The predicted octanol–water partition coefficient (Wildman–Crippen LogP) is 2.32. The van der Waals surface area contributed by atoms with E-state index in [2.05, 4.69) is 11.8 Å². The Morgan fingerprint density at radius 1 is 0.958 bits per heavy atom. The van der Waals surface area contributed by atoms with Gasteiger partial charge >= 0.3 is 0 Å². The first-order valence-corrected chi connectivity index (χ1v) is 8.39. The zero-order chi connectivity index (χ0) is 17.8. The van der Waals surface area contributed by atoms with Gasteiger partial charge in [-0.3, -0.25) is 4.90 Å². The van der Waals surface area contributed by atoms with E-state index in [1.807, 2.05) is 12.1 Å². The summed E-state index contributed by atoms with van der Waals surface area (Å²) in [5.41, 5.74) is 1.07. The maximum atomic E-state index is 9.11. The molecule has 1 N–H and O–H groups in total. The largest absolute Gasteiger partial charge is 0.493 e. The number of benzene rings is 1. The fourth-order valence-electron chi connectivity index (χ4n) is 2.49. The number of ether oxygens (including phenoxy) is 4. The number of hydrogen-bond donors (Lipinski definition) is 1. The number of nitrogens with zero attached hydrogens (tertiary/aromatic N) is 1. The second kappa shape index (κ2) is 11.9. The molecule has 0 radical (unpaired) electrons. The van der Waals surface area contributed by atoms with Crippen molar-refractivity contribution < 1.29 is 24.1 Å². The standard InChI is InChI=1S/C18H31NO5/c1-5-10-24-11-8-19(7-6-9-20)14-15-12-16(21-2)18(23-4)17(13-15)22-3/h12-13,20H,5-11,14H2,1-4H3. The Balaban J connectivity index is 2.83. The van der Waals surface area contributed by atoms with Crippen LogP contribution in [-0.4, -0.2) is 64.2 Å². The molecule has 0 atom stereocenters. The van der Waals surface area contributed by atoms with Crippen LogP contribution >= 0.6 is 0 Å². The van der Waals surface area contributed by atoms with Crippen LogP contribution in [0.1, 0.15) is 25.3 Å². The molecule has 138 valence electrons. The molecule has 0 spiro atoms. The van der Waals surface area contributed by atoms with Gasteiger partial charge in [0.1, 0.15) is 0 Å². The van der Waals surface area contributed by atoms with E-state index >= 15 is 0 Å². The van der Waals surface area contributed by atoms with Gasteiger partial charge in [-0.1, -0.05) is 6.92 Å². The van der Waals surface area contributed by atoms with Gasteiger partial charge < -0.3 is 24.1 Å². The zero-order valence-corrected chi connectivity index (χ0v) is 15.3. The maximum absolute atomic E-state index is 9.11. The lowest BCUT2D eigenvalue weighted by Crippen LogP contribution is -2.29. The Kier molecular flexibility index (Phi) is 10.2. The summed E-state index contributed by atoms with van der Waals surface area (Å²) in [5, 5.41) is 9.11. The van der Waals surface area contributed by atoms with Crippen LogP contribution < -0.4 is 14.2 Å². The molecule has 6 nitrogen and oxygen atoms in total. The van der Waals surface area contributed by atoms with E-state index in [9.17, 15) is 0 Å². The van der Waals surface area contributed by atoms with Crippen LogP contribution in [0.4, 0.5) is 0 Å². The quantitative estimate of drug-likeness (QED) is 0.556. The molecular formula is C18H31NO5. The number of hydrogen-bond acceptors (Lipinski definition) is 6. The molecule has 0 amide bonds. The van der Waals surface area contributed by atoms with Crippen LogP contribution in [0, 0.1) is 0 Å². The van der Waals surface area contributed by atoms with Crippen molar-refractivity contribution >= 4 is 0 Å². The molecule has 0 bridgehead atoms. The smallest absolute Gasteiger partial charge is 0.203 e. The van der Waals surface area contributed by atoms with E-state index in [4.69, 9.17) is 24.1 Å². The second-order valence-corrected chi connectivity index (χ2v) is 5.50. The van der Waals surface area contributed by atoms with Crippen molar-refractivity contribution in [2.24, 2.45) is 0 Å². The molecule has 0 fully saturated rings. The summed E-state index contributed by atoms with van der Waals surface area (Å²) >= 11 is 0. The van der Waals surface area contributed by atoms with E-state index < -0.39 is 0 Å². The molecule has 0 saturated carbocycles. The Morgan fingerprint density at radius 2 is 1.62 bits per heavy atom. The first kappa shape index (κ1) is 20.5. The van der Waals surface area contributed by atoms with Gasteiger partial charge in [0, 0.05) is 32.8 Å². The number of aliphatic hydroxyl groups excluding tert-OH is 1. The monoisotopic (exact) mass is 341 g/mol. The van der Waals surface area contributed by atoms with Gasteiger partial charge in [-0.2, -0.15) is 0 Å². The average Bonchev–Trinajstić information content (AvgIpc) is 2.61. The van der Waals surface area contributed by atoms with Crippen molar-refractivity contribution in [3.63, 3.8) is 0 Å². The fourth-order valence-corrected chi connectivity index (χ4v) is 2.49. The summed E-state index contributed by atoms with van der Waals surface area (Å²) in [5.74, 6) is 1.89. The number of aliphatic hydroxyl groups is 1. The lowest BCUT2D eigenvalue weighted by molar-refractivity contribution is 0.0984. The number of methoxy groups -OCH3 is 3. The van der Waals surface area contributed by atoms with Gasteiger partial charge in [0.05, 0.1) is 27.9 Å². The average molecular weight is 341 g/mol. The highest BCUT2D eigenvalue weighted by Crippen LogP contribution is 2.38. The molecule has 0 aliphatic carbocycles. The van der Waals surface area contributed by atoms with Crippen LogP contribution in [0.15, 0.2) is 12.1 Å². The van der Waals surface area contributed by atoms with Crippen molar-refractivity contribution in [3.05, 3.63) is 17.7 Å². The van der Waals surface area contributed by atoms with E-state index in [0.29, 0.717) is 23.9 Å². The van der Waals surface area contributed by atoms with E-state index in [1.54, 1.807) is 21.3 Å². The minimum absolute atomic E-state index is 0.182. The van der Waals surface area contributed by atoms with Crippen LogP contribution in [0.2, 0.25) is 0 Å². The minimum atomic E-state index is 0.182. The first-order chi connectivity index (χ1) is 11.7. The Bertz CT molecular complexity index is 442. The van der Waals surface area contributed by atoms with E-state index in [-0.39, 0.29) is 6.61 Å². The molecule has 0 unspecified atom stereocenters. The third-order valence-electron chi connectivity index (χ3n) is 3.66. The molecule has 1 rings (SSSR count). The SMILES string of the molecule is CCCOCCN(CCCO)Cc1cc(OC)c(OC)c(OC)c1. The van der Waals surface area contributed by atoms with Gasteiger partial charge in [-0.05, 0) is 30.5 Å². The predicted molar refractivity (Wildman–Crippen MR) is 94.2 cm³/mol. The van der Waals surface area contributed by atoms with Gasteiger partial charge in [0.25, 0.3) is 0 Å². The van der Waals surface area contributed by atoms with Crippen LogP contribution in [0.25, 0.3) is 0 Å². The van der Waals surface area contributed by atoms with Gasteiger partial charge in [0.2, 0.25) is 5.75 Å². The summed E-state index contributed by atoms with van der Waals surface area (Å²) < 4.78 is 21.8. The molecule has 0 aliphatic heterocycles. The van der Waals surface area contributed by atoms with Crippen molar-refractivity contribution in [2.45, 2.75) is 26.3 Å². The van der Waals surface area contributed by atoms with Crippen LogP contribution in [-0.2, 0) is 11.3 Å². The van der Waals surface area contributed by atoms with Crippen molar-refractivity contribution in [1.82, 2.24) is 4.90 Å². The minimum Gasteiger partial charge on any atom is -0.493 e. The van der Waals surface area contributed by atoms with Gasteiger partial charge in [0.15, 0.2) is 11.5 Å². The Hall–Kier alpha value is -1.50. The molecule has 1 aromatic rings. The summed E-state index contributed by atoms with van der Waals surface area (Å²) in [6.07, 6.45) is 1.75. The maximum Gasteiger partial charge on any atom is 0.203 e. The lowest BCUT2D eigenvalue weighted by Gasteiger charge is -2.23. The fraction of sp³-hybridized carbons (Fsp3) is 0.667. The second-order valence-electron chi connectivity index (χ2n) is 5.50. The molecule has 0 aliphatic rings. The zero-order valence-electron chi connectivity index (χ0n) is 15.3. The molecule has 0 aromatic heterocycles. The Labute approximate surface area is 145 Å². The third-order valence-corrected chi connectivity index (χ3v) is 3.66. The summed E-state index contributed by atoms with van der Waals surface area (Å²) in [6, 6.07) is 3.92. The third kappa shape index (κ3) is 6.55. The van der Waals surface area contributed by atoms with Crippen molar-refractivity contribution in [1.29, 1.82) is 0 Å². The summed E-state index contributed by atoms with van der Waals surface area (Å²) in [7, 11) is 4.82. The summed E-state index contributed by atoms with van der Waals surface area (Å²) in [4.78, 5) is 2.26. The lowest BCUT2D eigenvalue weighted by atomic mass is 10.1. The molecule has 0 saturated heterocycles. The van der Waals surface area contributed by atoms with Crippen LogP contribution in [0.5, 0.6) is 17.2 Å². The first-order valence-electron chi connectivity index (χ1n) is 8.39. The van der Waals surface area contributed by atoms with Gasteiger partial charge in [-0.15, -0.1) is 0 Å². The molecule has 24 heavy (non-hydrogen) atoms. The molecule has 0 heterocycles. The molecule has 6 heteroatoms. The Morgan fingerprint density at radius 3 is 2.12 bits per heavy atom. The number of rotatable bonds is 13. The van der Waals surface area contributed by atoms with Crippen molar-refractivity contribution in [3.8, 4) is 17.2 Å². The van der Waals surface area contributed by atoms with Crippen molar-refractivity contribution in [2.75, 3.05) is 54.2 Å². The van der Waals surface area contributed by atoms with E-state index in [1.165, 1.54) is 0 Å². The highest BCUT2D eigenvalue weighted by Gasteiger charge is 2.15. The molecular weight excluding hydrogens is 310 g/mol. The van der Waals surface area contributed by atoms with Crippen LogP contribution in [0.3, 0.4) is 0 Å². The molecule has 1 aromatic carbocycles. The highest BCUT2D eigenvalue weighted by atomic mass is 16.5. The van der Waals surface area contributed by atoms with Gasteiger partial charge in [-0.25, -0.2) is 0 Å². The topological polar surface area (TPSA) is 60.4 Å². The summed E-state index contributed by atoms with van der Waals surface area (Å²) in [6.45, 7) is 6.09. The highest BCUT2D eigenvalue weighted by molar-refractivity contribution is 5.53.